The molecule has 2 N–H and O–H groups in total. The molecular weight excluding hydrogens is 304 g/mol. The summed E-state index contributed by atoms with van der Waals surface area (Å²) in [6.45, 7) is 6.18. The maximum Gasteiger partial charge on any atom is 0.276 e. The minimum Gasteiger partial charge on any atom is -0.483 e. The molecule has 2 amide bonds. The Morgan fingerprint density at radius 3 is 2.38 bits per heavy atom. The normalized spacial score (nSPS) is 10.5. The summed E-state index contributed by atoms with van der Waals surface area (Å²) in [5.41, 5.74) is 5.88. The molecule has 0 aliphatic heterocycles. The molecule has 0 atom stereocenters. The third kappa shape index (κ3) is 7.99. The number of amides is 2. The minimum atomic E-state index is -0.368. The van der Waals surface area contributed by atoms with Crippen LogP contribution in [0.4, 0.5) is 0 Å². The van der Waals surface area contributed by atoms with Gasteiger partial charge in [0.15, 0.2) is 6.61 Å². The lowest BCUT2D eigenvalue weighted by molar-refractivity contribution is -0.130. The molecule has 0 aliphatic rings. The molecule has 0 fully saturated rings. The molecule has 5 nitrogen and oxygen atoms in total. The van der Waals surface area contributed by atoms with E-state index in [0.29, 0.717) is 18.1 Å². The van der Waals surface area contributed by atoms with Gasteiger partial charge >= 0.3 is 0 Å². The fourth-order valence-corrected chi connectivity index (χ4v) is 2.36. The van der Waals surface area contributed by atoms with Crippen molar-refractivity contribution < 1.29 is 14.3 Å². The van der Waals surface area contributed by atoms with E-state index in [2.05, 4.69) is 31.6 Å². The topological polar surface area (TPSA) is 67.4 Å². The number of carbonyl (C=O) groups is 2. The van der Waals surface area contributed by atoms with Crippen LogP contribution in [0, 0.1) is 0 Å². The number of para-hydroxylation sites is 1. The van der Waals surface area contributed by atoms with Crippen molar-refractivity contribution in [2.75, 3.05) is 6.61 Å². The lowest BCUT2D eigenvalue weighted by Gasteiger charge is -2.14. The second-order valence-corrected chi connectivity index (χ2v) is 6.24. The standard InChI is InChI=1S/C19H30N2O3/c1-4-5-6-7-8-13-18(22)20-21-19(23)14-24-17-12-10-9-11-16(17)15(2)3/h9-12,15H,4-8,13-14H2,1-3H3,(H,20,22)(H,21,23). The zero-order valence-corrected chi connectivity index (χ0v) is 15.1. The van der Waals surface area contributed by atoms with Crippen LogP contribution in [-0.4, -0.2) is 18.4 Å². The summed E-state index contributed by atoms with van der Waals surface area (Å²) in [6.07, 6.45) is 5.86. The summed E-state index contributed by atoms with van der Waals surface area (Å²) in [5.74, 6) is 0.483. The molecule has 5 heteroatoms. The lowest BCUT2D eigenvalue weighted by Crippen LogP contribution is -2.43. The Bertz CT molecular complexity index is 515. The molecule has 0 spiro atoms. The smallest absolute Gasteiger partial charge is 0.276 e. The number of unbranched alkanes of at least 4 members (excludes halogenated alkanes) is 4. The summed E-state index contributed by atoms with van der Waals surface area (Å²) in [7, 11) is 0. The Kier molecular flexibility index (Phi) is 9.58. The van der Waals surface area contributed by atoms with Gasteiger partial charge in [-0.25, -0.2) is 0 Å². The number of ether oxygens (including phenoxy) is 1. The van der Waals surface area contributed by atoms with Gasteiger partial charge in [0.2, 0.25) is 5.91 Å². The number of hydrogen-bond donors (Lipinski definition) is 2. The zero-order valence-electron chi connectivity index (χ0n) is 15.1. The van der Waals surface area contributed by atoms with Crippen LogP contribution in [0.25, 0.3) is 0 Å². The highest BCUT2D eigenvalue weighted by Gasteiger charge is 2.09. The fraction of sp³-hybridized carbons (Fsp3) is 0.579. The lowest BCUT2D eigenvalue weighted by atomic mass is 10.0. The van der Waals surface area contributed by atoms with E-state index in [1.165, 1.54) is 12.8 Å². The molecule has 1 aromatic rings. The van der Waals surface area contributed by atoms with Crippen molar-refractivity contribution in [3.05, 3.63) is 29.8 Å². The van der Waals surface area contributed by atoms with Crippen LogP contribution in [0.2, 0.25) is 0 Å². The Morgan fingerprint density at radius 2 is 1.67 bits per heavy atom. The maximum absolute atomic E-state index is 11.8. The minimum absolute atomic E-state index is 0.124. The van der Waals surface area contributed by atoms with Crippen LogP contribution in [0.15, 0.2) is 24.3 Å². The number of hydrogen-bond acceptors (Lipinski definition) is 3. The Morgan fingerprint density at radius 1 is 1.00 bits per heavy atom. The van der Waals surface area contributed by atoms with Gasteiger partial charge in [0.05, 0.1) is 0 Å². The number of nitrogens with one attached hydrogen (secondary N) is 2. The van der Waals surface area contributed by atoms with E-state index in [9.17, 15) is 9.59 Å². The molecule has 0 aliphatic carbocycles. The first-order valence-corrected chi connectivity index (χ1v) is 8.84. The summed E-state index contributed by atoms with van der Waals surface area (Å²) < 4.78 is 5.55. The molecular formula is C19H30N2O3. The van der Waals surface area contributed by atoms with Crippen LogP contribution in [0.1, 0.15) is 70.8 Å². The van der Waals surface area contributed by atoms with Crippen molar-refractivity contribution in [3.8, 4) is 5.75 Å². The highest BCUT2D eigenvalue weighted by Crippen LogP contribution is 2.25. The molecule has 0 radical (unpaired) electrons. The number of rotatable bonds is 10. The van der Waals surface area contributed by atoms with E-state index < -0.39 is 0 Å². The monoisotopic (exact) mass is 334 g/mol. The van der Waals surface area contributed by atoms with Crippen molar-refractivity contribution in [1.82, 2.24) is 10.9 Å². The summed E-state index contributed by atoms with van der Waals surface area (Å²) in [5, 5.41) is 0. The molecule has 0 saturated carbocycles. The molecule has 24 heavy (non-hydrogen) atoms. The molecule has 0 unspecified atom stereocenters. The largest absolute Gasteiger partial charge is 0.483 e. The number of carbonyl (C=O) groups excluding carboxylic acids is 2. The second-order valence-electron chi connectivity index (χ2n) is 6.24. The van der Waals surface area contributed by atoms with E-state index in [1.807, 2.05) is 24.3 Å². The van der Waals surface area contributed by atoms with Crippen LogP contribution in [-0.2, 0) is 9.59 Å². The Hall–Kier alpha value is -2.04. The van der Waals surface area contributed by atoms with Gasteiger partial charge in [0.1, 0.15) is 5.75 Å². The number of hydrazine groups is 1. The van der Waals surface area contributed by atoms with Crippen molar-refractivity contribution in [2.45, 2.75) is 65.2 Å². The van der Waals surface area contributed by atoms with E-state index in [0.717, 1.165) is 24.8 Å². The van der Waals surface area contributed by atoms with Gasteiger partial charge in [0, 0.05) is 6.42 Å². The Balaban J connectivity index is 2.24. The highest BCUT2D eigenvalue weighted by molar-refractivity contribution is 5.82. The number of benzene rings is 1. The van der Waals surface area contributed by atoms with Gasteiger partial charge in [0.25, 0.3) is 5.91 Å². The quantitative estimate of drug-likeness (QED) is 0.506. The van der Waals surface area contributed by atoms with Gasteiger partial charge in [-0.2, -0.15) is 0 Å². The summed E-state index contributed by atoms with van der Waals surface area (Å²) in [6, 6.07) is 7.65. The van der Waals surface area contributed by atoms with E-state index in [-0.39, 0.29) is 18.4 Å². The summed E-state index contributed by atoms with van der Waals surface area (Å²) in [4.78, 5) is 23.4. The van der Waals surface area contributed by atoms with E-state index >= 15 is 0 Å². The highest BCUT2D eigenvalue weighted by atomic mass is 16.5. The average molecular weight is 334 g/mol. The first-order chi connectivity index (χ1) is 11.5. The van der Waals surface area contributed by atoms with Gasteiger partial charge in [-0.15, -0.1) is 0 Å². The SMILES string of the molecule is CCCCCCCC(=O)NNC(=O)COc1ccccc1C(C)C. The van der Waals surface area contributed by atoms with Crippen molar-refractivity contribution in [1.29, 1.82) is 0 Å². The van der Waals surface area contributed by atoms with Gasteiger partial charge in [-0.3, -0.25) is 20.4 Å². The van der Waals surface area contributed by atoms with E-state index in [1.54, 1.807) is 0 Å². The van der Waals surface area contributed by atoms with Crippen LogP contribution >= 0.6 is 0 Å². The van der Waals surface area contributed by atoms with Crippen LogP contribution in [0.5, 0.6) is 5.75 Å². The molecule has 0 heterocycles. The predicted octanol–water partition coefficient (Wildman–Crippen LogP) is 3.70. The summed E-state index contributed by atoms with van der Waals surface area (Å²) >= 11 is 0. The van der Waals surface area contributed by atoms with Crippen molar-refractivity contribution in [2.24, 2.45) is 0 Å². The van der Waals surface area contributed by atoms with Crippen LogP contribution in [0.3, 0.4) is 0 Å². The predicted molar refractivity (Wildman–Crippen MR) is 95.7 cm³/mol. The third-order valence-corrected chi connectivity index (χ3v) is 3.75. The molecule has 0 aromatic heterocycles. The van der Waals surface area contributed by atoms with Crippen molar-refractivity contribution >= 4 is 11.8 Å². The average Bonchev–Trinajstić information content (AvgIpc) is 2.58. The Labute approximate surface area is 145 Å². The molecule has 0 bridgehead atoms. The fourth-order valence-electron chi connectivity index (χ4n) is 2.36. The van der Waals surface area contributed by atoms with Crippen LogP contribution < -0.4 is 15.6 Å². The van der Waals surface area contributed by atoms with Gasteiger partial charge in [-0.05, 0) is 24.0 Å². The molecule has 134 valence electrons. The first kappa shape index (κ1) is 20.0. The zero-order chi connectivity index (χ0) is 17.8. The molecule has 0 saturated heterocycles. The van der Waals surface area contributed by atoms with Crippen molar-refractivity contribution in [3.63, 3.8) is 0 Å². The molecule has 1 rings (SSSR count). The first-order valence-electron chi connectivity index (χ1n) is 8.84. The third-order valence-electron chi connectivity index (χ3n) is 3.75. The maximum atomic E-state index is 11.8. The van der Waals surface area contributed by atoms with Gasteiger partial charge in [-0.1, -0.05) is 64.7 Å². The van der Waals surface area contributed by atoms with Gasteiger partial charge < -0.3 is 4.74 Å². The second kappa shape index (κ2) is 11.5. The van der Waals surface area contributed by atoms with E-state index in [4.69, 9.17) is 4.74 Å². The molecule has 1 aromatic carbocycles.